The van der Waals surface area contributed by atoms with Gasteiger partial charge in [-0.3, -0.25) is 0 Å². The highest BCUT2D eigenvalue weighted by Gasteiger charge is 2.08. The van der Waals surface area contributed by atoms with Gasteiger partial charge in [0.2, 0.25) is 0 Å². The van der Waals surface area contributed by atoms with Gasteiger partial charge in [0.25, 0.3) is 0 Å². The summed E-state index contributed by atoms with van der Waals surface area (Å²) in [5, 5.41) is 4.72. The van der Waals surface area contributed by atoms with Crippen molar-refractivity contribution in [2.75, 3.05) is 0 Å². The molecular formula is C11H10ClN3S. The molecular weight excluding hydrogens is 242 g/mol. The van der Waals surface area contributed by atoms with Gasteiger partial charge in [-0.25, -0.2) is 4.68 Å². The molecule has 1 aromatic heterocycles. The van der Waals surface area contributed by atoms with E-state index in [0.717, 1.165) is 16.8 Å². The maximum absolute atomic E-state index is 5.83. The lowest BCUT2D eigenvalue weighted by Crippen LogP contribution is -2.13. The van der Waals surface area contributed by atoms with Gasteiger partial charge in [0.15, 0.2) is 0 Å². The first-order valence-corrected chi connectivity index (χ1v) is 5.47. The molecule has 2 aromatic rings. The lowest BCUT2D eigenvalue weighted by atomic mass is 10.1. The number of thiocarbonyl (C=S) groups is 1. The predicted octanol–water partition coefficient (Wildman–Crippen LogP) is 2.47. The van der Waals surface area contributed by atoms with Crippen molar-refractivity contribution >= 4 is 28.8 Å². The van der Waals surface area contributed by atoms with Gasteiger partial charge < -0.3 is 5.73 Å². The van der Waals surface area contributed by atoms with E-state index >= 15 is 0 Å². The highest BCUT2D eigenvalue weighted by molar-refractivity contribution is 7.80. The van der Waals surface area contributed by atoms with E-state index in [1.165, 1.54) is 0 Å². The third kappa shape index (κ3) is 2.08. The number of aromatic nitrogens is 2. The topological polar surface area (TPSA) is 43.8 Å². The lowest BCUT2D eigenvalue weighted by Gasteiger charge is -2.09. The summed E-state index contributed by atoms with van der Waals surface area (Å²) in [7, 11) is 0. The minimum absolute atomic E-state index is 0.349. The molecule has 0 unspecified atom stereocenters. The Hall–Kier alpha value is -1.39. The molecule has 82 valence electrons. The molecule has 0 saturated heterocycles. The minimum Gasteiger partial charge on any atom is -0.389 e. The highest BCUT2D eigenvalue weighted by Crippen LogP contribution is 2.18. The number of halogens is 1. The van der Waals surface area contributed by atoms with Gasteiger partial charge in [0.1, 0.15) is 4.99 Å². The zero-order valence-electron chi connectivity index (χ0n) is 8.64. The Balaban J connectivity index is 2.62. The van der Waals surface area contributed by atoms with Crippen LogP contribution < -0.4 is 5.73 Å². The van der Waals surface area contributed by atoms with Crippen LogP contribution in [-0.4, -0.2) is 14.8 Å². The Morgan fingerprint density at radius 1 is 1.50 bits per heavy atom. The van der Waals surface area contributed by atoms with Crippen molar-refractivity contribution in [1.82, 2.24) is 9.78 Å². The van der Waals surface area contributed by atoms with E-state index in [0.29, 0.717) is 10.0 Å². The SMILES string of the molecule is Cc1ccc(C(N)=S)c(-n2cc(Cl)cn2)c1. The molecule has 0 atom stereocenters. The summed E-state index contributed by atoms with van der Waals surface area (Å²) in [4.78, 5) is 0.349. The van der Waals surface area contributed by atoms with Crippen molar-refractivity contribution in [3.8, 4) is 5.69 Å². The van der Waals surface area contributed by atoms with Crippen LogP contribution in [0.15, 0.2) is 30.6 Å². The molecule has 2 rings (SSSR count). The Kier molecular flexibility index (Phi) is 2.94. The number of nitrogens with zero attached hydrogens (tertiary/aromatic N) is 2. The number of rotatable bonds is 2. The van der Waals surface area contributed by atoms with Gasteiger partial charge in [-0.05, 0) is 24.6 Å². The normalized spacial score (nSPS) is 10.4. The van der Waals surface area contributed by atoms with Crippen LogP contribution in [0.5, 0.6) is 0 Å². The molecule has 2 N–H and O–H groups in total. The van der Waals surface area contributed by atoms with Gasteiger partial charge in [-0.1, -0.05) is 29.9 Å². The van der Waals surface area contributed by atoms with Crippen LogP contribution in [0, 0.1) is 6.92 Å². The van der Waals surface area contributed by atoms with E-state index in [4.69, 9.17) is 29.6 Å². The van der Waals surface area contributed by atoms with Crippen molar-refractivity contribution < 1.29 is 0 Å². The second kappa shape index (κ2) is 4.23. The molecule has 0 aliphatic heterocycles. The van der Waals surface area contributed by atoms with Crippen LogP contribution in [0.4, 0.5) is 0 Å². The molecule has 0 radical (unpaired) electrons. The summed E-state index contributed by atoms with van der Waals surface area (Å²) in [5.41, 5.74) is 8.42. The van der Waals surface area contributed by atoms with Gasteiger partial charge >= 0.3 is 0 Å². The molecule has 1 heterocycles. The molecule has 5 heteroatoms. The zero-order chi connectivity index (χ0) is 11.7. The fraction of sp³-hybridized carbons (Fsp3) is 0.0909. The average Bonchev–Trinajstić information content (AvgIpc) is 2.64. The van der Waals surface area contributed by atoms with Gasteiger partial charge in [-0.2, -0.15) is 5.10 Å². The van der Waals surface area contributed by atoms with Crippen LogP contribution in [0.2, 0.25) is 5.02 Å². The fourth-order valence-electron chi connectivity index (χ4n) is 1.47. The van der Waals surface area contributed by atoms with E-state index in [-0.39, 0.29) is 0 Å². The lowest BCUT2D eigenvalue weighted by molar-refractivity contribution is 0.877. The molecule has 3 nitrogen and oxygen atoms in total. The molecule has 0 spiro atoms. The summed E-state index contributed by atoms with van der Waals surface area (Å²) in [6.07, 6.45) is 3.30. The Morgan fingerprint density at radius 2 is 2.25 bits per heavy atom. The average molecular weight is 252 g/mol. The van der Waals surface area contributed by atoms with Gasteiger partial charge in [0, 0.05) is 11.8 Å². The van der Waals surface area contributed by atoms with Crippen molar-refractivity contribution in [1.29, 1.82) is 0 Å². The summed E-state index contributed by atoms with van der Waals surface area (Å²) in [6, 6.07) is 5.82. The number of aryl methyl sites for hydroxylation is 1. The fourth-order valence-corrected chi connectivity index (χ4v) is 1.78. The molecule has 16 heavy (non-hydrogen) atoms. The monoisotopic (exact) mass is 251 g/mol. The van der Waals surface area contributed by atoms with E-state index < -0.39 is 0 Å². The van der Waals surface area contributed by atoms with Crippen molar-refractivity contribution in [3.05, 3.63) is 46.7 Å². The van der Waals surface area contributed by atoms with Crippen molar-refractivity contribution in [3.63, 3.8) is 0 Å². The van der Waals surface area contributed by atoms with Gasteiger partial charge in [-0.15, -0.1) is 0 Å². The number of benzene rings is 1. The largest absolute Gasteiger partial charge is 0.389 e. The molecule has 0 aliphatic rings. The standard InChI is InChI=1S/C11H10ClN3S/c1-7-2-3-9(11(13)16)10(4-7)15-6-8(12)5-14-15/h2-6H,1H3,(H2,13,16). The van der Waals surface area contributed by atoms with Crippen molar-refractivity contribution in [2.24, 2.45) is 5.73 Å². The third-order valence-electron chi connectivity index (χ3n) is 2.22. The maximum Gasteiger partial charge on any atom is 0.106 e. The van der Waals surface area contributed by atoms with Crippen molar-refractivity contribution in [2.45, 2.75) is 6.92 Å². The van der Waals surface area contributed by atoms with Gasteiger partial charge in [0.05, 0.1) is 16.9 Å². The second-order valence-electron chi connectivity index (χ2n) is 3.49. The Morgan fingerprint density at radius 3 is 2.81 bits per heavy atom. The minimum atomic E-state index is 0.349. The van der Waals surface area contributed by atoms with E-state index in [2.05, 4.69) is 5.10 Å². The van der Waals surface area contributed by atoms with Crippen LogP contribution in [0.1, 0.15) is 11.1 Å². The first kappa shape index (κ1) is 11.1. The van der Waals surface area contributed by atoms with E-state index in [1.807, 2.05) is 25.1 Å². The second-order valence-corrected chi connectivity index (χ2v) is 4.36. The Labute approximate surface area is 104 Å². The smallest absolute Gasteiger partial charge is 0.106 e. The molecule has 0 fully saturated rings. The van der Waals surface area contributed by atoms with E-state index in [1.54, 1.807) is 17.1 Å². The summed E-state index contributed by atoms with van der Waals surface area (Å²) in [6.45, 7) is 2.00. The third-order valence-corrected chi connectivity index (χ3v) is 2.63. The molecule has 0 aliphatic carbocycles. The quantitative estimate of drug-likeness (QED) is 0.834. The number of nitrogens with two attached hydrogens (primary N) is 1. The molecule has 0 amide bonds. The predicted molar refractivity (Wildman–Crippen MR) is 69.2 cm³/mol. The first-order valence-electron chi connectivity index (χ1n) is 4.69. The molecule has 0 bridgehead atoms. The Bertz CT molecular complexity index is 548. The number of hydrogen-bond acceptors (Lipinski definition) is 2. The van der Waals surface area contributed by atoms with E-state index in [9.17, 15) is 0 Å². The number of hydrogen-bond donors (Lipinski definition) is 1. The van der Waals surface area contributed by atoms with Crippen LogP contribution in [0.25, 0.3) is 5.69 Å². The summed E-state index contributed by atoms with van der Waals surface area (Å²) < 4.78 is 1.67. The zero-order valence-corrected chi connectivity index (χ0v) is 10.2. The summed E-state index contributed by atoms with van der Waals surface area (Å²) >= 11 is 10.8. The first-order chi connectivity index (χ1) is 7.58. The van der Waals surface area contributed by atoms with Crippen LogP contribution in [-0.2, 0) is 0 Å². The summed E-state index contributed by atoms with van der Waals surface area (Å²) in [5.74, 6) is 0. The molecule has 1 aromatic carbocycles. The van der Waals surface area contributed by atoms with Crippen LogP contribution in [0.3, 0.4) is 0 Å². The maximum atomic E-state index is 5.83. The van der Waals surface area contributed by atoms with Crippen LogP contribution >= 0.6 is 23.8 Å². The molecule has 0 saturated carbocycles. The highest BCUT2D eigenvalue weighted by atomic mass is 35.5.